The molecule has 0 unspecified atom stereocenters. The first-order chi connectivity index (χ1) is 10.7. The monoisotopic (exact) mass is 315 g/mol. The number of aromatic nitrogens is 2. The van der Waals surface area contributed by atoms with Crippen molar-refractivity contribution in [3.8, 4) is 5.75 Å². The Hall–Kier alpha value is -2.67. The molecule has 112 valence electrons. The van der Waals surface area contributed by atoms with Gasteiger partial charge in [-0.2, -0.15) is 0 Å². The lowest BCUT2D eigenvalue weighted by molar-refractivity contribution is 0.0702. The molecule has 0 radical (unpaired) electrons. The van der Waals surface area contributed by atoms with Crippen LogP contribution >= 0.6 is 11.3 Å². The third-order valence-corrected chi connectivity index (χ3v) is 4.19. The van der Waals surface area contributed by atoms with Gasteiger partial charge in [-0.3, -0.25) is 0 Å². The van der Waals surface area contributed by atoms with E-state index in [0.29, 0.717) is 17.2 Å². The highest BCUT2D eigenvalue weighted by Gasteiger charge is 2.12. The smallest absolute Gasteiger partial charge is 0.345 e. The van der Waals surface area contributed by atoms with Crippen molar-refractivity contribution >= 4 is 33.3 Å². The molecule has 0 fully saturated rings. The molecular formula is C15H13N3O3S. The Labute approximate surface area is 130 Å². The first-order valence-electron chi connectivity index (χ1n) is 6.52. The molecule has 2 N–H and O–H groups in total. The van der Waals surface area contributed by atoms with E-state index in [1.807, 2.05) is 24.3 Å². The number of hydrogen-bond acceptors (Lipinski definition) is 6. The molecule has 3 aromatic rings. The van der Waals surface area contributed by atoms with Gasteiger partial charge in [0.25, 0.3) is 0 Å². The van der Waals surface area contributed by atoms with Crippen LogP contribution in [0.4, 0.5) is 5.82 Å². The Bertz CT molecular complexity index is 815. The first-order valence-corrected chi connectivity index (χ1v) is 7.33. The Morgan fingerprint density at radius 1 is 1.32 bits per heavy atom. The third kappa shape index (κ3) is 2.84. The van der Waals surface area contributed by atoms with E-state index in [1.54, 1.807) is 13.2 Å². The van der Waals surface area contributed by atoms with E-state index in [2.05, 4.69) is 15.3 Å². The highest BCUT2D eigenvalue weighted by atomic mass is 32.1. The summed E-state index contributed by atoms with van der Waals surface area (Å²) in [5.41, 5.74) is 1.07. The number of benzene rings is 1. The van der Waals surface area contributed by atoms with E-state index in [1.165, 1.54) is 6.33 Å². The van der Waals surface area contributed by atoms with Crippen molar-refractivity contribution < 1.29 is 14.6 Å². The lowest BCUT2D eigenvalue weighted by Crippen LogP contribution is -2.02. The van der Waals surface area contributed by atoms with Gasteiger partial charge in [-0.15, -0.1) is 11.3 Å². The van der Waals surface area contributed by atoms with Gasteiger partial charge < -0.3 is 15.2 Å². The summed E-state index contributed by atoms with van der Waals surface area (Å²) in [4.78, 5) is 20.3. The number of fused-ring (bicyclic) bond motifs is 1. The van der Waals surface area contributed by atoms with Crippen LogP contribution in [0.25, 0.3) is 10.2 Å². The van der Waals surface area contributed by atoms with Gasteiger partial charge in [-0.05, 0) is 23.8 Å². The lowest BCUT2D eigenvalue weighted by Gasteiger charge is -2.07. The van der Waals surface area contributed by atoms with Crippen LogP contribution in [0.3, 0.4) is 0 Å². The van der Waals surface area contributed by atoms with Crippen molar-refractivity contribution in [1.82, 2.24) is 9.97 Å². The molecule has 0 aliphatic rings. The molecule has 0 atom stereocenters. The van der Waals surface area contributed by atoms with Crippen molar-refractivity contribution in [1.29, 1.82) is 0 Å². The quantitative estimate of drug-likeness (QED) is 0.753. The van der Waals surface area contributed by atoms with E-state index in [-0.39, 0.29) is 4.88 Å². The van der Waals surface area contributed by atoms with Crippen LogP contribution in [0, 0.1) is 0 Å². The van der Waals surface area contributed by atoms with Crippen LogP contribution in [0.2, 0.25) is 0 Å². The van der Waals surface area contributed by atoms with Gasteiger partial charge in [0.15, 0.2) is 0 Å². The summed E-state index contributed by atoms with van der Waals surface area (Å²) in [5.74, 6) is 0.478. The van der Waals surface area contributed by atoms with E-state index in [4.69, 9.17) is 9.84 Å². The largest absolute Gasteiger partial charge is 0.497 e. The summed E-state index contributed by atoms with van der Waals surface area (Å²) in [6, 6.07) is 9.29. The molecule has 2 aromatic heterocycles. The van der Waals surface area contributed by atoms with Crippen LogP contribution in [0.1, 0.15) is 15.2 Å². The average Bonchev–Trinajstić information content (AvgIpc) is 2.98. The maximum atomic E-state index is 11.1. The predicted molar refractivity (Wildman–Crippen MR) is 84.7 cm³/mol. The van der Waals surface area contributed by atoms with E-state index >= 15 is 0 Å². The zero-order valence-corrected chi connectivity index (χ0v) is 12.6. The third-order valence-electron chi connectivity index (χ3n) is 3.16. The standard InChI is InChI=1S/C15H13N3O3S/c1-21-10-4-2-9(3-5-10)7-16-13-11-6-12(15(19)20)22-14(11)18-8-17-13/h2-6,8H,7H2,1H3,(H,19,20)(H,16,17,18). The molecule has 0 saturated carbocycles. The molecule has 0 saturated heterocycles. The number of thiophene rings is 1. The Morgan fingerprint density at radius 3 is 2.77 bits per heavy atom. The normalized spacial score (nSPS) is 10.6. The molecule has 0 bridgehead atoms. The highest BCUT2D eigenvalue weighted by Crippen LogP contribution is 2.28. The summed E-state index contributed by atoms with van der Waals surface area (Å²) in [7, 11) is 1.63. The summed E-state index contributed by atoms with van der Waals surface area (Å²) in [5, 5.41) is 13.0. The van der Waals surface area contributed by atoms with Gasteiger partial charge in [0.1, 0.15) is 27.6 Å². The minimum Gasteiger partial charge on any atom is -0.497 e. The Morgan fingerprint density at radius 2 is 2.09 bits per heavy atom. The number of ether oxygens (including phenoxy) is 1. The van der Waals surface area contributed by atoms with Gasteiger partial charge in [-0.25, -0.2) is 14.8 Å². The second kappa shape index (κ2) is 5.98. The molecule has 0 aliphatic carbocycles. The number of aromatic carboxylic acids is 1. The van der Waals surface area contributed by atoms with Crippen molar-refractivity contribution in [2.75, 3.05) is 12.4 Å². The van der Waals surface area contributed by atoms with Gasteiger partial charge in [0.05, 0.1) is 12.5 Å². The lowest BCUT2D eigenvalue weighted by atomic mass is 10.2. The van der Waals surface area contributed by atoms with Gasteiger partial charge in [0, 0.05) is 6.54 Å². The van der Waals surface area contributed by atoms with Crippen molar-refractivity contribution in [2.24, 2.45) is 0 Å². The highest BCUT2D eigenvalue weighted by molar-refractivity contribution is 7.20. The number of carboxylic acids is 1. The molecule has 0 amide bonds. The minimum absolute atomic E-state index is 0.253. The number of hydrogen-bond donors (Lipinski definition) is 2. The fourth-order valence-electron chi connectivity index (χ4n) is 2.03. The number of nitrogens with one attached hydrogen (secondary N) is 1. The molecule has 1 aromatic carbocycles. The molecule has 22 heavy (non-hydrogen) atoms. The zero-order valence-electron chi connectivity index (χ0n) is 11.7. The van der Waals surface area contributed by atoms with Gasteiger partial charge in [-0.1, -0.05) is 12.1 Å². The van der Waals surface area contributed by atoms with Crippen molar-refractivity contribution in [2.45, 2.75) is 6.54 Å². The average molecular weight is 315 g/mol. The fourth-order valence-corrected chi connectivity index (χ4v) is 2.87. The predicted octanol–water partition coefficient (Wildman–Crippen LogP) is 3.01. The Balaban J connectivity index is 1.82. The second-order valence-corrected chi connectivity index (χ2v) is 5.59. The molecule has 2 heterocycles. The first kappa shape index (κ1) is 14.3. The van der Waals surface area contributed by atoms with E-state index < -0.39 is 5.97 Å². The van der Waals surface area contributed by atoms with Crippen LogP contribution in [-0.4, -0.2) is 28.2 Å². The number of carbonyl (C=O) groups is 1. The summed E-state index contributed by atoms with van der Waals surface area (Å²) < 4.78 is 5.12. The Kier molecular flexibility index (Phi) is 3.88. The zero-order chi connectivity index (χ0) is 15.5. The molecule has 3 rings (SSSR count). The number of nitrogens with zero attached hydrogens (tertiary/aromatic N) is 2. The van der Waals surface area contributed by atoms with Crippen LogP contribution in [0.5, 0.6) is 5.75 Å². The number of anilines is 1. The van der Waals surface area contributed by atoms with Crippen LogP contribution in [-0.2, 0) is 6.54 Å². The summed E-state index contributed by atoms with van der Waals surface area (Å²) >= 11 is 1.14. The maximum absolute atomic E-state index is 11.1. The number of methoxy groups -OCH3 is 1. The topological polar surface area (TPSA) is 84.3 Å². The van der Waals surface area contributed by atoms with Gasteiger partial charge in [0.2, 0.25) is 0 Å². The SMILES string of the molecule is COc1ccc(CNc2ncnc3sc(C(=O)O)cc23)cc1. The number of carboxylic acid groups (broad SMARTS) is 1. The molecule has 7 heteroatoms. The summed E-state index contributed by atoms with van der Waals surface area (Å²) in [6.45, 7) is 0.578. The maximum Gasteiger partial charge on any atom is 0.345 e. The fraction of sp³-hybridized carbons (Fsp3) is 0.133. The van der Waals surface area contributed by atoms with Crippen LogP contribution in [0.15, 0.2) is 36.7 Å². The van der Waals surface area contributed by atoms with E-state index in [9.17, 15) is 4.79 Å². The number of rotatable bonds is 5. The van der Waals surface area contributed by atoms with Crippen LogP contribution < -0.4 is 10.1 Å². The molecule has 0 spiro atoms. The molecular weight excluding hydrogens is 302 g/mol. The minimum atomic E-state index is -0.955. The van der Waals surface area contributed by atoms with E-state index in [0.717, 1.165) is 28.0 Å². The van der Waals surface area contributed by atoms with Gasteiger partial charge >= 0.3 is 5.97 Å². The van der Waals surface area contributed by atoms with Crippen molar-refractivity contribution in [3.63, 3.8) is 0 Å². The molecule has 0 aliphatic heterocycles. The second-order valence-electron chi connectivity index (χ2n) is 4.56. The summed E-state index contributed by atoms with van der Waals surface area (Å²) in [6.07, 6.45) is 1.43. The molecule has 6 nitrogen and oxygen atoms in total. The van der Waals surface area contributed by atoms with Crippen molar-refractivity contribution in [3.05, 3.63) is 47.1 Å².